The standard InChI is InChI=1S/C15H16N2O3/c1-20-11-6-7-12(13(16)8-11)15(19)17-14-5-3-2-4-10(14)9-18/h2-8,18H,9,16H2,1H3,(H,17,19). The predicted molar refractivity (Wildman–Crippen MR) is 77.7 cm³/mol. The van der Waals surface area contributed by atoms with Crippen LogP contribution >= 0.6 is 0 Å². The number of anilines is 2. The Morgan fingerprint density at radius 1 is 1.30 bits per heavy atom. The van der Waals surface area contributed by atoms with Gasteiger partial charge >= 0.3 is 0 Å². The summed E-state index contributed by atoms with van der Waals surface area (Å²) in [6.07, 6.45) is 0. The Kier molecular flexibility index (Phi) is 4.22. The second-order valence-corrected chi connectivity index (χ2v) is 4.22. The van der Waals surface area contributed by atoms with Crippen molar-refractivity contribution in [3.05, 3.63) is 53.6 Å². The van der Waals surface area contributed by atoms with Crippen LogP contribution in [-0.4, -0.2) is 18.1 Å². The van der Waals surface area contributed by atoms with Gasteiger partial charge in [0.15, 0.2) is 0 Å². The molecule has 4 N–H and O–H groups in total. The van der Waals surface area contributed by atoms with Gasteiger partial charge in [0.1, 0.15) is 5.75 Å². The lowest BCUT2D eigenvalue weighted by molar-refractivity contribution is 0.102. The van der Waals surface area contributed by atoms with Crippen molar-refractivity contribution in [2.75, 3.05) is 18.2 Å². The molecule has 1 amide bonds. The quantitative estimate of drug-likeness (QED) is 0.743. The normalized spacial score (nSPS) is 10.1. The Bertz CT molecular complexity index is 626. The monoisotopic (exact) mass is 272 g/mol. The molecule has 2 aromatic carbocycles. The van der Waals surface area contributed by atoms with Crippen molar-refractivity contribution in [1.82, 2.24) is 0 Å². The van der Waals surface area contributed by atoms with Gasteiger partial charge in [0.2, 0.25) is 0 Å². The lowest BCUT2D eigenvalue weighted by atomic mass is 10.1. The Balaban J connectivity index is 2.24. The zero-order valence-corrected chi connectivity index (χ0v) is 11.1. The highest BCUT2D eigenvalue weighted by Gasteiger charge is 2.12. The van der Waals surface area contributed by atoms with Crippen molar-refractivity contribution in [2.45, 2.75) is 6.61 Å². The van der Waals surface area contributed by atoms with Crippen LogP contribution in [0.25, 0.3) is 0 Å². The number of rotatable bonds is 4. The lowest BCUT2D eigenvalue weighted by Gasteiger charge is -2.11. The van der Waals surface area contributed by atoms with Crippen LogP contribution in [0, 0.1) is 0 Å². The summed E-state index contributed by atoms with van der Waals surface area (Å²) in [5, 5.41) is 12.0. The maximum absolute atomic E-state index is 12.2. The first-order valence-corrected chi connectivity index (χ1v) is 6.09. The average molecular weight is 272 g/mol. The molecule has 0 heterocycles. The summed E-state index contributed by atoms with van der Waals surface area (Å²) in [6, 6.07) is 11.9. The third-order valence-electron chi connectivity index (χ3n) is 2.94. The first-order chi connectivity index (χ1) is 9.65. The average Bonchev–Trinajstić information content (AvgIpc) is 2.47. The fraction of sp³-hybridized carbons (Fsp3) is 0.133. The predicted octanol–water partition coefficient (Wildman–Crippen LogP) is 2.02. The number of nitrogens with one attached hydrogen (secondary N) is 1. The van der Waals surface area contributed by atoms with E-state index in [2.05, 4.69) is 5.32 Å². The molecule has 0 unspecified atom stereocenters. The molecule has 2 rings (SSSR count). The van der Waals surface area contributed by atoms with Crippen LogP contribution in [0.3, 0.4) is 0 Å². The molecule has 0 fully saturated rings. The van der Waals surface area contributed by atoms with Gasteiger partial charge in [0.05, 0.1) is 19.3 Å². The van der Waals surface area contributed by atoms with Crippen LogP contribution in [0.2, 0.25) is 0 Å². The summed E-state index contributed by atoms with van der Waals surface area (Å²) in [5.74, 6) is 0.265. The zero-order valence-electron chi connectivity index (χ0n) is 11.1. The number of aliphatic hydroxyl groups excluding tert-OH is 1. The van der Waals surface area contributed by atoms with Crippen LogP contribution in [0.15, 0.2) is 42.5 Å². The molecule has 104 valence electrons. The maximum Gasteiger partial charge on any atom is 0.257 e. The topological polar surface area (TPSA) is 84.6 Å². The third-order valence-corrected chi connectivity index (χ3v) is 2.94. The summed E-state index contributed by atoms with van der Waals surface area (Å²) in [4.78, 5) is 12.2. The van der Waals surface area contributed by atoms with E-state index in [4.69, 9.17) is 10.5 Å². The minimum Gasteiger partial charge on any atom is -0.497 e. The number of nitrogen functional groups attached to an aromatic ring is 1. The highest BCUT2D eigenvalue weighted by molar-refractivity contribution is 6.08. The summed E-state index contributed by atoms with van der Waals surface area (Å²) in [5.41, 5.74) is 7.74. The van der Waals surface area contributed by atoms with Gasteiger partial charge in [-0.15, -0.1) is 0 Å². The van der Waals surface area contributed by atoms with Gasteiger partial charge in [-0.25, -0.2) is 0 Å². The highest BCUT2D eigenvalue weighted by atomic mass is 16.5. The lowest BCUT2D eigenvalue weighted by Crippen LogP contribution is -2.15. The van der Waals surface area contributed by atoms with Gasteiger partial charge in [-0.1, -0.05) is 18.2 Å². The number of carbonyl (C=O) groups is 1. The van der Waals surface area contributed by atoms with E-state index < -0.39 is 0 Å². The summed E-state index contributed by atoms with van der Waals surface area (Å²) in [6.45, 7) is -0.144. The van der Waals surface area contributed by atoms with E-state index in [9.17, 15) is 9.90 Å². The molecule has 20 heavy (non-hydrogen) atoms. The Morgan fingerprint density at radius 3 is 2.70 bits per heavy atom. The molecule has 5 heteroatoms. The van der Waals surface area contributed by atoms with Crippen molar-refractivity contribution in [1.29, 1.82) is 0 Å². The van der Waals surface area contributed by atoms with Gasteiger partial charge in [-0.3, -0.25) is 4.79 Å². The first kappa shape index (κ1) is 13.9. The molecule has 0 atom stereocenters. The van der Waals surface area contributed by atoms with Gasteiger partial charge in [0, 0.05) is 23.0 Å². The Hall–Kier alpha value is -2.53. The number of hydrogen-bond donors (Lipinski definition) is 3. The number of aliphatic hydroxyl groups is 1. The summed E-state index contributed by atoms with van der Waals surface area (Å²) in [7, 11) is 1.53. The maximum atomic E-state index is 12.2. The van der Waals surface area contributed by atoms with Crippen LogP contribution in [0.5, 0.6) is 5.75 Å². The van der Waals surface area contributed by atoms with E-state index in [0.717, 1.165) is 0 Å². The Labute approximate surface area is 117 Å². The molecule has 0 radical (unpaired) electrons. The molecule has 0 bridgehead atoms. The van der Waals surface area contributed by atoms with Crippen LogP contribution < -0.4 is 15.8 Å². The summed E-state index contributed by atoms with van der Waals surface area (Å²) >= 11 is 0. The molecule has 0 aliphatic rings. The SMILES string of the molecule is COc1ccc(C(=O)Nc2ccccc2CO)c(N)c1. The van der Waals surface area contributed by atoms with E-state index in [1.807, 2.05) is 0 Å². The minimum atomic E-state index is -0.328. The zero-order chi connectivity index (χ0) is 14.5. The highest BCUT2D eigenvalue weighted by Crippen LogP contribution is 2.22. The number of methoxy groups -OCH3 is 1. The fourth-order valence-corrected chi connectivity index (χ4v) is 1.84. The van der Waals surface area contributed by atoms with E-state index >= 15 is 0 Å². The number of amides is 1. The number of para-hydroxylation sites is 1. The summed E-state index contributed by atoms with van der Waals surface area (Å²) < 4.78 is 5.04. The molecular weight excluding hydrogens is 256 g/mol. The number of nitrogens with two attached hydrogens (primary N) is 1. The van der Waals surface area contributed by atoms with Gasteiger partial charge in [-0.2, -0.15) is 0 Å². The molecule has 0 saturated heterocycles. The van der Waals surface area contributed by atoms with Crippen LogP contribution in [0.4, 0.5) is 11.4 Å². The number of carbonyl (C=O) groups excluding carboxylic acids is 1. The number of ether oxygens (including phenoxy) is 1. The molecule has 2 aromatic rings. The largest absolute Gasteiger partial charge is 0.497 e. The van der Waals surface area contributed by atoms with Crippen molar-refractivity contribution in [3.8, 4) is 5.75 Å². The molecule has 0 aliphatic carbocycles. The molecule has 0 aliphatic heterocycles. The second kappa shape index (κ2) is 6.08. The molecular formula is C15H16N2O3. The van der Waals surface area contributed by atoms with E-state index in [1.165, 1.54) is 7.11 Å². The second-order valence-electron chi connectivity index (χ2n) is 4.22. The molecule has 0 saturated carbocycles. The van der Waals surface area contributed by atoms with Crippen molar-refractivity contribution in [2.24, 2.45) is 0 Å². The smallest absolute Gasteiger partial charge is 0.257 e. The molecule has 0 spiro atoms. The van der Waals surface area contributed by atoms with E-state index in [1.54, 1.807) is 42.5 Å². The number of hydrogen-bond acceptors (Lipinski definition) is 4. The van der Waals surface area contributed by atoms with E-state index in [-0.39, 0.29) is 12.5 Å². The molecule has 0 aromatic heterocycles. The van der Waals surface area contributed by atoms with Crippen molar-refractivity contribution >= 4 is 17.3 Å². The van der Waals surface area contributed by atoms with E-state index in [0.29, 0.717) is 28.3 Å². The third kappa shape index (κ3) is 2.89. The fourth-order valence-electron chi connectivity index (χ4n) is 1.84. The van der Waals surface area contributed by atoms with Crippen molar-refractivity contribution < 1.29 is 14.6 Å². The van der Waals surface area contributed by atoms with Gasteiger partial charge < -0.3 is 20.9 Å². The van der Waals surface area contributed by atoms with Crippen LogP contribution in [-0.2, 0) is 6.61 Å². The Morgan fingerprint density at radius 2 is 2.05 bits per heavy atom. The minimum absolute atomic E-state index is 0.144. The van der Waals surface area contributed by atoms with Crippen molar-refractivity contribution in [3.63, 3.8) is 0 Å². The molecule has 5 nitrogen and oxygen atoms in total. The van der Waals surface area contributed by atoms with Crippen LogP contribution in [0.1, 0.15) is 15.9 Å². The van der Waals surface area contributed by atoms with Gasteiger partial charge in [-0.05, 0) is 18.2 Å². The first-order valence-electron chi connectivity index (χ1n) is 6.09. The van der Waals surface area contributed by atoms with Gasteiger partial charge in [0.25, 0.3) is 5.91 Å². The number of benzene rings is 2.